The fourth-order valence-electron chi connectivity index (χ4n) is 2.43. The van der Waals surface area contributed by atoms with E-state index >= 15 is 0 Å². The Kier molecular flexibility index (Phi) is 7.97. The van der Waals surface area contributed by atoms with Crippen LogP contribution in [0.4, 0.5) is 5.13 Å². The van der Waals surface area contributed by atoms with Gasteiger partial charge in [0.05, 0.1) is 5.94 Å². The van der Waals surface area contributed by atoms with Crippen molar-refractivity contribution < 1.29 is 44.6 Å². The van der Waals surface area contributed by atoms with Gasteiger partial charge in [-0.1, -0.05) is 17.3 Å². The van der Waals surface area contributed by atoms with Crippen LogP contribution in [-0.2, 0) is 20.8 Å². The quantitative estimate of drug-likeness (QED) is 0.130. The molecule has 1 aromatic heterocycles. The number of aliphatic carboxylic acids is 1. The lowest BCUT2D eigenvalue weighted by molar-refractivity contribution is -0.161. The first-order chi connectivity index (χ1) is 15.3. The maximum absolute atomic E-state index is 12.9. The van der Waals surface area contributed by atoms with E-state index in [1.54, 1.807) is 0 Å². The molecule has 0 saturated carbocycles. The minimum atomic E-state index is -2.13. The number of anilines is 1. The van der Waals surface area contributed by atoms with Gasteiger partial charge < -0.3 is 41.3 Å². The van der Waals surface area contributed by atoms with Crippen LogP contribution in [0.2, 0.25) is 0 Å². The summed E-state index contributed by atoms with van der Waals surface area (Å²) in [4.78, 5) is 44.2. The number of oxime groups is 1. The maximum atomic E-state index is 12.9. The number of thiazole rings is 1. The molecular formula is C18H21BN4O9S. The monoisotopic (exact) mass is 480 g/mol. The first-order valence-electron chi connectivity index (χ1n) is 9.25. The number of carbonyl (C=O) groups is 3. The fourth-order valence-corrected chi connectivity index (χ4v) is 2.98. The number of aromatic nitrogens is 1. The van der Waals surface area contributed by atoms with Crippen molar-refractivity contribution in [2.24, 2.45) is 5.16 Å². The maximum Gasteiger partial charge on any atom is 0.475 e. The van der Waals surface area contributed by atoms with Crippen LogP contribution in [0.1, 0.15) is 35.5 Å². The number of nitrogens with zero attached hydrogens (tertiary/aromatic N) is 2. The molecule has 1 atom stereocenters. The van der Waals surface area contributed by atoms with Crippen molar-refractivity contribution >= 4 is 47.1 Å². The second-order valence-electron chi connectivity index (χ2n) is 7.23. The number of benzene rings is 1. The normalized spacial score (nSPS) is 12.7. The first kappa shape index (κ1) is 25.6. The summed E-state index contributed by atoms with van der Waals surface area (Å²) < 4.78 is 0. The van der Waals surface area contributed by atoms with E-state index in [0.717, 1.165) is 17.4 Å². The van der Waals surface area contributed by atoms with E-state index in [1.165, 1.54) is 31.4 Å². The van der Waals surface area contributed by atoms with E-state index in [2.05, 4.69) is 15.5 Å². The molecular weight excluding hydrogens is 459 g/mol. The Hall–Kier alpha value is -3.69. The van der Waals surface area contributed by atoms with Crippen LogP contribution in [0, 0.1) is 0 Å². The van der Waals surface area contributed by atoms with Crippen molar-refractivity contribution in [2.45, 2.75) is 31.8 Å². The summed E-state index contributed by atoms with van der Waals surface area (Å²) >= 11 is 0.970. The summed E-state index contributed by atoms with van der Waals surface area (Å²) in [6, 6.07) is 3.84. The van der Waals surface area contributed by atoms with Gasteiger partial charge in [-0.25, -0.2) is 14.6 Å². The second kappa shape index (κ2) is 10.3. The van der Waals surface area contributed by atoms with Gasteiger partial charge in [0.15, 0.2) is 10.8 Å². The van der Waals surface area contributed by atoms with Gasteiger partial charge in [-0.2, -0.15) is 0 Å². The molecule has 2 aromatic rings. The molecule has 1 aromatic carbocycles. The minimum absolute atomic E-state index is 0.0213. The number of nitrogen functional groups attached to an aromatic ring is 1. The third-order valence-electron chi connectivity index (χ3n) is 4.33. The van der Waals surface area contributed by atoms with Gasteiger partial charge in [0.2, 0.25) is 5.60 Å². The number of rotatable bonds is 10. The van der Waals surface area contributed by atoms with Crippen molar-refractivity contribution in [2.75, 3.05) is 5.73 Å². The molecule has 0 aliphatic rings. The highest BCUT2D eigenvalue weighted by atomic mass is 32.1. The van der Waals surface area contributed by atoms with Crippen LogP contribution >= 0.6 is 11.3 Å². The molecule has 0 fully saturated rings. The van der Waals surface area contributed by atoms with Gasteiger partial charge in [-0.3, -0.25) is 4.79 Å². The number of hydrogen-bond donors (Lipinski definition) is 7. The lowest BCUT2D eigenvalue weighted by Gasteiger charge is -2.20. The fraction of sp³-hybridized carbons (Fsp3) is 0.278. The zero-order valence-electron chi connectivity index (χ0n) is 17.4. The van der Waals surface area contributed by atoms with Crippen molar-refractivity contribution in [3.8, 4) is 5.75 Å². The first-order valence-corrected chi connectivity index (χ1v) is 10.1. The Morgan fingerprint density at radius 2 is 1.97 bits per heavy atom. The minimum Gasteiger partial charge on any atom is -0.507 e. The van der Waals surface area contributed by atoms with E-state index < -0.39 is 53.5 Å². The number of para-hydroxylation sites is 1. The van der Waals surface area contributed by atoms with Crippen LogP contribution < -0.4 is 11.1 Å². The largest absolute Gasteiger partial charge is 0.507 e. The number of aromatic carboxylic acids is 1. The van der Waals surface area contributed by atoms with Gasteiger partial charge >= 0.3 is 19.1 Å². The Morgan fingerprint density at radius 1 is 1.30 bits per heavy atom. The van der Waals surface area contributed by atoms with Crippen molar-refractivity contribution in [1.29, 1.82) is 0 Å². The van der Waals surface area contributed by atoms with Crippen LogP contribution in [0.25, 0.3) is 0 Å². The molecule has 8 N–H and O–H groups in total. The zero-order chi connectivity index (χ0) is 24.9. The molecule has 0 unspecified atom stereocenters. The van der Waals surface area contributed by atoms with Crippen molar-refractivity contribution in [3.05, 3.63) is 40.4 Å². The number of hydrogen-bond acceptors (Lipinski definition) is 11. The molecule has 0 radical (unpaired) electrons. The number of carboxylic acids is 2. The summed E-state index contributed by atoms with van der Waals surface area (Å²) in [7, 11) is -2.13. The summed E-state index contributed by atoms with van der Waals surface area (Å²) in [6.45, 7) is 2.39. The molecule has 13 nitrogen and oxygen atoms in total. The van der Waals surface area contributed by atoms with Crippen LogP contribution in [-0.4, -0.2) is 72.6 Å². The highest BCUT2D eigenvalue weighted by molar-refractivity contribution is 7.13. The van der Waals surface area contributed by atoms with E-state index in [-0.39, 0.29) is 22.8 Å². The van der Waals surface area contributed by atoms with E-state index in [9.17, 15) is 34.6 Å². The number of carboxylic acid groups (broad SMARTS) is 2. The predicted octanol–water partition coefficient (Wildman–Crippen LogP) is -0.548. The molecule has 0 aliphatic carbocycles. The molecule has 0 aliphatic heterocycles. The number of aromatic hydroxyl groups is 1. The Labute approximate surface area is 191 Å². The Bertz CT molecular complexity index is 1090. The van der Waals surface area contributed by atoms with Gasteiger partial charge in [0.25, 0.3) is 5.91 Å². The number of nitrogens with two attached hydrogens (primary N) is 1. The average molecular weight is 480 g/mol. The van der Waals surface area contributed by atoms with Gasteiger partial charge in [-0.05, 0) is 31.9 Å². The molecule has 1 amide bonds. The van der Waals surface area contributed by atoms with Crippen LogP contribution in [0.5, 0.6) is 5.75 Å². The molecule has 0 saturated heterocycles. The Balaban J connectivity index is 2.34. The predicted molar refractivity (Wildman–Crippen MR) is 117 cm³/mol. The zero-order valence-corrected chi connectivity index (χ0v) is 18.2. The van der Waals surface area contributed by atoms with Crippen molar-refractivity contribution in [1.82, 2.24) is 10.3 Å². The summed E-state index contributed by atoms with van der Waals surface area (Å²) in [5.41, 5.74) is 2.85. The molecule has 2 rings (SSSR count). The third-order valence-corrected chi connectivity index (χ3v) is 5.00. The molecule has 0 spiro atoms. The SMILES string of the molecule is CC(C)(O/N=C(\C(=O)N[C@@H](Cc1cccc(C(=O)O)c1O)B(O)O)c1csc(N)n1)C(=O)O. The van der Waals surface area contributed by atoms with Gasteiger partial charge in [0.1, 0.15) is 17.0 Å². The highest BCUT2D eigenvalue weighted by Crippen LogP contribution is 2.24. The molecule has 33 heavy (non-hydrogen) atoms. The third kappa shape index (κ3) is 6.41. The molecule has 15 heteroatoms. The second-order valence-corrected chi connectivity index (χ2v) is 8.12. The van der Waals surface area contributed by atoms with E-state index in [4.69, 9.17) is 15.7 Å². The smallest absolute Gasteiger partial charge is 0.475 e. The van der Waals surface area contributed by atoms with E-state index in [1.807, 2.05) is 0 Å². The average Bonchev–Trinajstić information content (AvgIpc) is 3.14. The van der Waals surface area contributed by atoms with Crippen LogP contribution in [0.15, 0.2) is 28.7 Å². The van der Waals surface area contributed by atoms with Gasteiger partial charge in [0, 0.05) is 5.38 Å². The number of nitrogens with one attached hydrogen (secondary N) is 1. The lowest BCUT2D eigenvalue weighted by atomic mass is 9.75. The van der Waals surface area contributed by atoms with Crippen molar-refractivity contribution in [3.63, 3.8) is 0 Å². The molecule has 176 valence electrons. The molecule has 0 bridgehead atoms. The van der Waals surface area contributed by atoms with Crippen LogP contribution in [0.3, 0.4) is 0 Å². The Morgan fingerprint density at radius 3 is 2.48 bits per heavy atom. The number of phenols is 1. The standard InChI is InChI=1S/C18H21BN4O9S/c1-18(2,16(28)29)32-23-12(10-7-33-17(20)21-10)14(25)22-11(19(30)31)6-8-4-3-5-9(13(8)24)15(26)27/h3-5,7,11,24,30-31H,6H2,1-2H3,(H2,20,21)(H,22,25)(H,26,27)(H,28,29)/b23-12-/t11-/m0/s1. The summed E-state index contributed by atoms with van der Waals surface area (Å²) in [5, 5.41) is 55.3. The highest BCUT2D eigenvalue weighted by Gasteiger charge is 2.33. The van der Waals surface area contributed by atoms with Gasteiger partial charge in [-0.15, -0.1) is 11.3 Å². The summed E-state index contributed by atoms with van der Waals surface area (Å²) in [5.74, 6) is -5.80. The number of carbonyl (C=O) groups excluding carboxylic acids is 1. The topological polar surface area (TPSA) is 225 Å². The van der Waals surface area contributed by atoms with E-state index in [0.29, 0.717) is 0 Å². The summed E-state index contributed by atoms with van der Waals surface area (Å²) in [6.07, 6.45) is -0.371. The lowest BCUT2D eigenvalue weighted by Crippen LogP contribution is -2.50. The molecule has 1 heterocycles. The number of amides is 1.